The second-order valence-corrected chi connectivity index (χ2v) is 8.71. The number of benzene rings is 3. The molecule has 1 fully saturated rings. The monoisotopic (exact) mass is 487 g/mol. The van der Waals surface area contributed by atoms with E-state index in [1.807, 2.05) is 35.2 Å². The van der Waals surface area contributed by atoms with E-state index in [1.165, 1.54) is 24.3 Å². The molecular weight excluding hydrogens is 464 g/mol. The topological polar surface area (TPSA) is 55.8 Å². The Labute approximate surface area is 207 Å². The second kappa shape index (κ2) is 9.87. The summed E-state index contributed by atoms with van der Waals surface area (Å²) in [6.45, 7) is 0.799. The standard InChI is InChI=1S/C29H23F2NO4/c30-24-10-6-21(7-11-24)28(22-8-12-25(31)13-9-22)23-16-17-32(19-20-4-2-1-3-5-20)29(18-23)35-26(33)14-15-27(34)36-29/h1-15H,16-19H2. The number of halogens is 2. The fraction of sp³-hybridized carbons (Fsp3) is 0.172. The van der Waals surface area contributed by atoms with Gasteiger partial charge in [0.25, 0.3) is 0 Å². The molecule has 3 aromatic carbocycles. The lowest BCUT2D eigenvalue weighted by Crippen LogP contribution is -2.56. The highest BCUT2D eigenvalue weighted by Gasteiger charge is 2.49. The van der Waals surface area contributed by atoms with Gasteiger partial charge in [0.05, 0.1) is 6.42 Å². The highest BCUT2D eigenvalue weighted by Crippen LogP contribution is 2.41. The maximum Gasteiger partial charge on any atom is 0.335 e. The van der Waals surface area contributed by atoms with Crippen LogP contribution in [0.1, 0.15) is 29.5 Å². The largest absolute Gasteiger partial charge is 0.405 e. The molecule has 2 heterocycles. The Balaban J connectivity index is 1.62. The van der Waals surface area contributed by atoms with E-state index in [9.17, 15) is 18.4 Å². The smallest absolute Gasteiger partial charge is 0.335 e. The maximum atomic E-state index is 13.7. The first-order valence-corrected chi connectivity index (χ1v) is 11.6. The van der Waals surface area contributed by atoms with Crippen molar-refractivity contribution in [1.82, 2.24) is 4.90 Å². The summed E-state index contributed by atoms with van der Waals surface area (Å²) in [5.74, 6) is -3.81. The van der Waals surface area contributed by atoms with E-state index in [0.29, 0.717) is 30.6 Å². The minimum absolute atomic E-state index is 0.0725. The summed E-state index contributed by atoms with van der Waals surface area (Å²) in [6.07, 6.45) is 2.73. The summed E-state index contributed by atoms with van der Waals surface area (Å²) in [5, 5.41) is 0. The maximum absolute atomic E-state index is 13.7. The van der Waals surface area contributed by atoms with Gasteiger partial charge in [0.15, 0.2) is 0 Å². The zero-order valence-electron chi connectivity index (χ0n) is 19.3. The average Bonchev–Trinajstić information content (AvgIpc) is 3.01. The van der Waals surface area contributed by atoms with Crippen LogP contribution >= 0.6 is 0 Å². The van der Waals surface area contributed by atoms with Gasteiger partial charge in [0.1, 0.15) is 11.6 Å². The highest BCUT2D eigenvalue weighted by molar-refractivity contribution is 5.93. The number of carbonyl (C=O) groups excluding carboxylic acids is 2. The van der Waals surface area contributed by atoms with Gasteiger partial charge in [-0.25, -0.2) is 23.3 Å². The first-order chi connectivity index (χ1) is 17.4. The van der Waals surface area contributed by atoms with Crippen molar-refractivity contribution in [2.24, 2.45) is 0 Å². The second-order valence-electron chi connectivity index (χ2n) is 8.71. The minimum Gasteiger partial charge on any atom is -0.405 e. The van der Waals surface area contributed by atoms with Crippen LogP contribution in [-0.2, 0) is 25.6 Å². The predicted octanol–water partition coefficient (Wildman–Crippen LogP) is 5.37. The van der Waals surface area contributed by atoms with Crippen molar-refractivity contribution >= 4 is 17.5 Å². The summed E-state index contributed by atoms with van der Waals surface area (Å²) in [6, 6.07) is 21.6. The normalized spacial score (nSPS) is 17.4. The van der Waals surface area contributed by atoms with Crippen molar-refractivity contribution in [1.29, 1.82) is 0 Å². The third kappa shape index (κ3) is 4.97. The quantitative estimate of drug-likeness (QED) is 0.463. The van der Waals surface area contributed by atoms with Gasteiger partial charge in [-0.2, -0.15) is 0 Å². The molecule has 0 N–H and O–H groups in total. The molecule has 5 nitrogen and oxygen atoms in total. The lowest BCUT2D eigenvalue weighted by Gasteiger charge is -2.45. The Kier molecular flexibility index (Phi) is 6.48. The van der Waals surface area contributed by atoms with Crippen LogP contribution < -0.4 is 0 Å². The highest BCUT2D eigenvalue weighted by atomic mass is 19.1. The summed E-state index contributed by atoms with van der Waals surface area (Å²) in [5.41, 5.74) is 3.98. The Bertz CT molecular complexity index is 1260. The van der Waals surface area contributed by atoms with Crippen molar-refractivity contribution < 1.29 is 27.8 Å². The first kappa shape index (κ1) is 23.6. The third-order valence-corrected chi connectivity index (χ3v) is 6.31. The van der Waals surface area contributed by atoms with Gasteiger partial charge in [-0.05, 0) is 52.9 Å². The summed E-state index contributed by atoms with van der Waals surface area (Å²) >= 11 is 0. The SMILES string of the molecule is O=C1C=CC(=O)OC2(CC(=C(c3ccc(F)cc3)c3ccc(F)cc3)CCN2Cc2ccccc2)O1. The number of rotatable bonds is 4. The molecule has 0 amide bonds. The number of esters is 2. The van der Waals surface area contributed by atoms with E-state index in [0.717, 1.165) is 28.9 Å². The molecule has 0 aliphatic carbocycles. The molecule has 3 aromatic rings. The fourth-order valence-corrected chi connectivity index (χ4v) is 4.68. The lowest BCUT2D eigenvalue weighted by atomic mass is 9.86. The van der Waals surface area contributed by atoms with E-state index >= 15 is 0 Å². The molecule has 182 valence electrons. The molecule has 7 heteroatoms. The molecule has 2 aliphatic rings. The Hall–Kier alpha value is -4.10. The summed E-state index contributed by atoms with van der Waals surface area (Å²) in [7, 11) is 0. The van der Waals surface area contributed by atoms with Crippen molar-refractivity contribution in [2.75, 3.05) is 6.54 Å². The van der Waals surface area contributed by atoms with Gasteiger partial charge in [-0.1, -0.05) is 60.2 Å². The van der Waals surface area contributed by atoms with Gasteiger partial charge in [-0.3, -0.25) is 0 Å². The van der Waals surface area contributed by atoms with Crippen LogP contribution in [0.5, 0.6) is 0 Å². The van der Waals surface area contributed by atoms with Crippen LogP contribution in [0.2, 0.25) is 0 Å². The van der Waals surface area contributed by atoms with E-state index in [4.69, 9.17) is 9.47 Å². The molecule has 0 unspecified atom stereocenters. The molecule has 0 bridgehead atoms. The minimum atomic E-state index is -1.67. The number of hydrogen-bond donors (Lipinski definition) is 0. The van der Waals surface area contributed by atoms with Crippen molar-refractivity contribution in [3.05, 3.63) is 125 Å². The van der Waals surface area contributed by atoms with Gasteiger partial charge >= 0.3 is 17.8 Å². The van der Waals surface area contributed by atoms with E-state index in [-0.39, 0.29) is 18.1 Å². The van der Waals surface area contributed by atoms with E-state index in [2.05, 4.69) is 0 Å². The number of hydrogen-bond acceptors (Lipinski definition) is 5. The molecule has 0 atom stereocenters. The number of likely N-dealkylation sites (tertiary alicyclic amines) is 1. The van der Waals surface area contributed by atoms with Crippen molar-refractivity contribution in [3.8, 4) is 0 Å². The molecule has 1 saturated heterocycles. The van der Waals surface area contributed by atoms with Gasteiger partial charge < -0.3 is 9.47 Å². The summed E-state index contributed by atoms with van der Waals surface area (Å²) < 4.78 is 39.0. The molecule has 0 radical (unpaired) electrons. The van der Waals surface area contributed by atoms with Crippen LogP contribution in [0.4, 0.5) is 8.78 Å². The van der Waals surface area contributed by atoms with Crippen LogP contribution in [-0.4, -0.2) is 29.3 Å². The first-order valence-electron chi connectivity index (χ1n) is 11.6. The molecular formula is C29H23F2NO4. The van der Waals surface area contributed by atoms with Crippen LogP contribution in [0.3, 0.4) is 0 Å². The number of ether oxygens (including phenoxy) is 2. The predicted molar refractivity (Wildman–Crippen MR) is 129 cm³/mol. The van der Waals surface area contributed by atoms with E-state index < -0.39 is 17.8 Å². The number of nitrogens with zero attached hydrogens (tertiary/aromatic N) is 1. The molecule has 5 rings (SSSR count). The zero-order chi connectivity index (χ0) is 25.1. The van der Waals surface area contributed by atoms with Crippen LogP contribution in [0.15, 0.2) is 96.6 Å². The average molecular weight is 488 g/mol. The number of carbonyl (C=O) groups is 2. The lowest BCUT2D eigenvalue weighted by molar-refractivity contribution is -0.289. The molecule has 36 heavy (non-hydrogen) atoms. The Morgan fingerprint density at radius 3 is 1.83 bits per heavy atom. The van der Waals surface area contributed by atoms with Gasteiger partial charge in [-0.15, -0.1) is 0 Å². The van der Waals surface area contributed by atoms with Gasteiger partial charge in [0.2, 0.25) is 0 Å². The van der Waals surface area contributed by atoms with E-state index in [1.54, 1.807) is 24.3 Å². The van der Waals surface area contributed by atoms with Crippen molar-refractivity contribution in [2.45, 2.75) is 25.3 Å². The van der Waals surface area contributed by atoms with Crippen LogP contribution in [0.25, 0.3) is 5.57 Å². The third-order valence-electron chi connectivity index (χ3n) is 6.31. The molecule has 2 aliphatic heterocycles. The molecule has 0 saturated carbocycles. The molecule has 0 aromatic heterocycles. The van der Waals surface area contributed by atoms with Crippen LogP contribution in [0, 0.1) is 11.6 Å². The number of piperidine rings is 1. The van der Waals surface area contributed by atoms with Gasteiger partial charge in [0, 0.05) is 25.2 Å². The molecule has 1 spiro atoms. The zero-order valence-corrected chi connectivity index (χ0v) is 19.3. The Morgan fingerprint density at radius 2 is 1.31 bits per heavy atom. The summed E-state index contributed by atoms with van der Waals surface area (Å²) in [4.78, 5) is 26.9. The fourth-order valence-electron chi connectivity index (χ4n) is 4.68. The van der Waals surface area contributed by atoms with Crippen molar-refractivity contribution in [3.63, 3.8) is 0 Å². The Morgan fingerprint density at radius 1 is 0.778 bits per heavy atom.